The molecule has 196 valence electrons. The number of ether oxygens (including phenoxy) is 2. The molecule has 3 aromatic rings. The van der Waals surface area contributed by atoms with Gasteiger partial charge in [-0.2, -0.15) is 0 Å². The van der Waals surface area contributed by atoms with E-state index in [1.807, 2.05) is 11.1 Å². The van der Waals surface area contributed by atoms with Gasteiger partial charge in [-0.25, -0.2) is 14.4 Å². The summed E-state index contributed by atoms with van der Waals surface area (Å²) in [5, 5.41) is 0.663. The molecule has 1 amide bonds. The zero-order valence-corrected chi connectivity index (χ0v) is 21.1. The summed E-state index contributed by atoms with van der Waals surface area (Å²) >= 11 is 0. The van der Waals surface area contributed by atoms with Crippen LogP contribution in [0, 0.1) is 5.82 Å². The number of rotatable bonds is 6. The molecule has 9 nitrogen and oxygen atoms in total. The minimum absolute atomic E-state index is 0.00557. The van der Waals surface area contributed by atoms with Crippen molar-refractivity contribution in [3.05, 3.63) is 36.5 Å². The van der Waals surface area contributed by atoms with Gasteiger partial charge in [0.1, 0.15) is 24.4 Å². The van der Waals surface area contributed by atoms with Gasteiger partial charge in [0, 0.05) is 69.1 Å². The molecule has 2 N–H and O–H groups in total. The number of nitrogen functional groups attached to an aromatic ring is 1. The Labute approximate surface area is 215 Å². The summed E-state index contributed by atoms with van der Waals surface area (Å²) in [5.74, 6) is 0.263. The maximum atomic E-state index is 15.7. The first-order valence-electron chi connectivity index (χ1n) is 13.1. The number of piperazine rings is 1. The van der Waals surface area contributed by atoms with E-state index in [0.29, 0.717) is 35.0 Å². The molecule has 37 heavy (non-hydrogen) atoms. The molecule has 1 aromatic carbocycles. The highest BCUT2D eigenvalue weighted by Gasteiger charge is 2.37. The van der Waals surface area contributed by atoms with E-state index in [0.717, 1.165) is 64.1 Å². The first-order valence-corrected chi connectivity index (χ1v) is 13.1. The van der Waals surface area contributed by atoms with E-state index in [2.05, 4.69) is 19.4 Å². The zero-order valence-electron chi connectivity index (χ0n) is 21.1. The van der Waals surface area contributed by atoms with E-state index in [1.165, 1.54) is 6.33 Å². The smallest absolute Gasteiger partial charge is 0.219 e. The molecular weight excluding hydrogens is 475 g/mol. The second-order valence-corrected chi connectivity index (χ2v) is 10.3. The van der Waals surface area contributed by atoms with Gasteiger partial charge in [-0.1, -0.05) is 12.1 Å². The number of halogens is 1. The second-order valence-electron chi connectivity index (χ2n) is 10.3. The van der Waals surface area contributed by atoms with E-state index in [-0.39, 0.29) is 23.8 Å². The molecule has 4 heterocycles. The molecule has 0 bridgehead atoms. The van der Waals surface area contributed by atoms with Crippen molar-refractivity contribution in [2.75, 3.05) is 45.1 Å². The third-order valence-corrected chi connectivity index (χ3v) is 8.10. The van der Waals surface area contributed by atoms with Gasteiger partial charge in [-0.15, -0.1) is 0 Å². The number of fused-ring (bicyclic) bond motifs is 1. The van der Waals surface area contributed by atoms with E-state index in [4.69, 9.17) is 15.2 Å². The number of amides is 1. The third-order valence-electron chi connectivity index (χ3n) is 8.10. The van der Waals surface area contributed by atoms with Crippen molar-refractivity contribution in [3.63, 3.8) is 0 Å². The van der Waals surface area contributed by atoms with Crippen molar-refractivity contribution in [1.82, 2.24) is 24.3 Å². The summed E-state index contributed by atoms with van der Waals surface area (Å²) in [6, 6.07) is 5.90. The molecule has 3 fully saturated rings. The van der Waals surface area contributed by atoms with Crippen LogP contribution < -0.4 is 10.5 Å². The molecule has 6 rings (SSSR count). The highest BCUT2D eigenvalue weighted by atomic mass is 19.1. The SMILES string of the molecule is CC(=O)N1CCN(C2CC(n3cc(-c4cccc(OC[C@@H]5CCCO5)c4F)c4c(N)ncnc43)C2)CC1. The second kappa shape index (κ2) is 9.90. The van der Waals surface area contributed by atoms with Crippen LogP contribution >= 0.6 is 0 Å². The first kappa shape index (κ1) is 24.1. The van der Waals surface area contributed by atoms with Crippen LogP contribution in [0.3, 0.4) is 0 Å². The molecule has 1 aliphatic carbocycles. The molecule has 2 aromatic heterocycles. The predicted octanol–water partition coefficient (Wildman–Crippen LogP) is 3.25. The van der Waals surface area contributed by atoms with Crippen LogP contribution in [-0.2, 0) is 9.53 Å². The van der Waals surface area contributed by atoms with E-state index in [9.17, 15) is 4.79 Å². The topological polar surface area (TPSA) is 98.7 Å². The average molecular weight is 509 g/mol. The molecular formula is C27H33FN6O3. The summed E-state index contributed by atoms with van der Waals surface area (Å²) < 4.78 is 29.3. The largest absolute Gasteiger partial charge is 0.488 e. The van der Waals surface area contributed by atoms with Crippen LogP contribution in [-0.4, -0.2) is 81.8 Å². The van der Waals surface area contributed by atoms with Gasteiger partial charge in [0.25, 0.3) is 0 Å². The Bertz CT molecular complexity index is 1290. The number of benzene rings is 1. The summed E-state index contributed by atoms with van der Waals surface area (Å²) in [7, 11) is 0. The van der Waals surface area contributed by atoms with Crippen LogP contribution in [0.1, 0.15) is 38.6 Å². The standard InChI is InChI=1S/C27H33FN6O3/c1-17(35)32-7-9-33(10-8-32)18-12-19(13-18)34-14-22(24-26(29)30-16-31-27(24)34)21-5-2-6-23(25(21)28)37-15-20-4-3-11-36-20/h2,5-6,14,16,18-20H,3-4,7-13,15H2,1H3,(H2,29,30,31)/t18?,19?,20-/m0/s1. The van der Waals surface area contributed by atoms with Crippen LogP contribution in [0.25, 0.3) is 22.2 Å². The van der Waals surface area contributed by atoms with Gasteiger partial charge in [0.05, 0.1) is 11.5 Å². The van der Waals surface area contributed by atoms with Crippen molar-refractivity contribution >= 4 is 22.8 Å². The van der Waals surface area contributed by atoms with Crippen LogP contribution in [0.2, 0.25) is 0 Å². The Balaban J connectivity index is 1.24. The fourth-order valence-electron chi connectivity index (χ4n) is 5.87. The molecule has 10 heteroatoms. The highest BCUT2D eigenvalue weighted by Crippen LogP contribution is 2.43. The van der Waals surface area contributed by atoms with Crippen molar-refractivity contribution in [3.8, 4) is 16.9 Å². The van der Waals surface area contributed by atoms with Crippen LogP contribution in [0.5, 0.6) is 5.75 Å². The van der Waals surface area contributed by atoms with Gasteiger partial charge < -0.3 is 24.7 Å². The number of hydrogen-bond donors (Lipinski definition) is 1. The zero-order chi connectivity index (χ0) is 25.5. The number of aromatic nitrogens is 3. The quantitative estimate of drug-likeness (QED) is 0.546. The molecule has 2 saturated heterocycles. The van der Waals surface area contributed by atoms with Crippen LogP contribution in [0.4, 0.5) is 10.2 Å². The molecule has 0 spiro atoms. The minimum Gasteiger partial charge on any atom is -0.488 e. The Morgan fingerprint density at radius 1 is 1.16 bits per heavy atom. The Hall–Kier alpha value is -3.24. The normalized spacial score (nSPS) is 24.4. The molecule has 3 aliphatic rings. The number of hydrogen-bond acceptors (Lipinski definition) is 7. The van der Waals surface area contributed by atoms with Gasteiger partial charge in [0.2, 0.25) is 5.91 Å². The lowest BCUT2D eigenvalue weighted by Crippen LogP contribution is -2.54. The maximum absolute atomic E-state index is 15.7. The fraction of sp³-hybridized carbons (Fsp3) is 0.519. The molecule has 0 radical (unpaired) electrons. The van der Waals surface area contributed by atoms with Crippen molar-refractivity contribution in [1.29, 1.82) is 0 Å². The Morgan fingerprint density at radius 2 is 1.97 bits per heavy atom. The Kier molecular flexibility index (Phi) is 6.46. The van der Waals surface area contributed by atoms with Gasteiger partial charge in [-0.05, 0) is 31.7 Å². The minimum atomic E-state index is -0.419. The maximum Gasteiger partial charge on any atom is 0.219 e. The van der Waals surface area contributed by atoms with E-state index < -0.39 is 5.82 Å². The van der Waals surface area contributed by atoms with Crippen molar-refractivity contribution in [2.24, 2.45) is 0 Å². The van der Waals surface area contributed by atoms with Gasteiger partial charge in [0.15, 0.2) is 11.6 Å². The number of nitrogens with two attached hydrogens (primary N) is 1. The lowest BCUT2D eigenvalue weighted by Gasteiger charge is -2.46. The lowest BCUT2D eigenvalue weighted by atomic mass is 9.85. The number of nitrogens with zero attached hydrogens (tertiary/aromatic N) is 5. The number of anilines is 1. The van der Waals surface area contributed by atoms with Crippen molar-refractivity contribution in [2.45, 2.75) is 50.8 Å². The predicted molar refractivity (Wildman–Crippen MR) is 138 cm³/mol. The highest BCUT2D eigenvalue weighted by molar-refractivity contribution is 6.01. The van der Waals surface area contributed by atoms with Gasteiger partial charge >= 0.3 is 0 Å². The van der Waals surface area contributed by atoms with E-state index >= 15 is 4.39 Å². The lowest BCUT2D eigenvalue weighted by molar-refractivity contribution is -0.131. The summed E-state index contributed by atoms with van der Waals surface area (Å²) in [6.45, 7) is 6.04. The number of carbonyl (C=O) groups is 1. The third kappa shape index (κ3) is 4.53. The fourth-order valence-corrected chi connectivity index (χ4v) is 5.87. The summed E-state index contributed by atoms with van der Waals surface area (Å²) in [4.78, 5) is 24.8. The number of carbonyl (C=O) groups excluding carboxylic acids is 1. The monoisotopic (exact) mass is 508 g/mol. The van der Waals surface area contributed by atoms with Crippen molar-refractivity contribution < 1.29 is 18.7 Å². The van der Waals surface area contributed by atoms with Crippen LogP contribution in [0.15, 0.2) is 30.7 Å². The first-order chi connectivity index (χ1) is 18.0. The Morgan fingerprint density at radius 3 is 2.70 bits per heavy atom. The molecule has 0 unspecified atom stereocenters. The molecule has 1 atom stereocenters. The summed E-state index contributed by atoms with van der Waals surface area (Å²) in [5.41, 5.74) is 8.12. The van der Waals surface area contributed by atoms with E-state index in [1.54, 1.807) is 25.1 Å². The van der Waals surface area contributed by atoms with Gasteiger partial charge in [-0.3, -0.25) is 9.69 Å². The molecule has 2 aliphatic heterocycles. The summed E-state index contributed by atoms with van der Waals surface area (Å²) in [6.07, 6.45) is 7.31. The molecule has 1 saturated carbocycles. The average Bonchev–Trinajstić information content (AvgIpc) is 3.52.